The molecular weight excluding hydrogens is 326 g/mol. The number of ether oxygens (including phenoxy) is 1. The monoisotopic (exact) mass is 349 g/mol. The molecule has 1 aromatic heterocycles. The first-order valence-electron chi connectivity index (χ1n) is 8.11. The van der Waals surface area contributed by atoms with Crippen LogP contribution >= 0.6 is 11.6 Å². The van der Waals surface area contributed by atoms with Gasteiger partial charge in [0, 0.05) is 11.7 Å². The zero-order valence-corrected chi connectivity index (χ0v) is 15.3. The number of aromatic nitrogens is 3. The molecule has 7 heteroatoms. The number of anilines is 3. The lowest BCUT2D eigenvalue weighted by molar-refractivity contribution is 0.415. The number of benzene rings is 1. The smallest absolute Gasteiger partial charge is 0.232 e. The van der Waals surface area contributed by atoms with Crippen LogP contribution in [-0.4, -0.2) is 28.1 Å². The molecule has 0 aliphatic rings. The van der Waals surface area contributed by atoms with Gasteiger partial charge in [0.1, 0.15) is 11.6 Å². The van der Waals surface area contributed by atoms with Gasteiger partial charge in [-0.2, -0.15) is 15.0 Å². The lowest BCUT2D eigenvalue weighted by Crippen LogP contribution is -2.18. The molecule has 0 aliphatic heterocycles. The Labute approximate surface area is 148 Å². The summed E-state index contributed by atoms with van der Waals surface area (Å²) in [5, 5.41) is 7.00. The molecular formula is C17H24ClN5O. The van der Waals surface area contributed by atoms with E-state index in [0.717, 1.165) is 12.1 Å². The zero-order valence-electron chi connectivity index (χ0n) is 14.6. The van der Waals surface area contributed by atoms with Crippen molar-refractivity contribution in [2.24, 2.45) is 0 Å². The summed E-state index contributed by atoms with van der Waals surface area (Å²) >= 11 is 6.15. The highest BCUT2D eigenvalue weighted by Crippen LogP contribution is 2.28. The Hall–Kier alpha value is -2.08. The Morgan fingerprint density at radius 2 is 1.96 bits per heavy atom. The number of aryl methyl sites for hydroxylation is 1. The van der Waals surface area contributed by atoms with Crippen molar-refractivity contribution in [2.45, 2.75) is 46.1 Å². The first-order chi connectivity index (χ1) is 11.5. The maximum absolute atomic E-state index is 6.15. The van der Waals surface area contributed by atoms with Gasteiger partial charge in [0.2, 0.25) is 11.9 Å². The second kappa shape index (κ2) is 8.68. The minimum Gasteiger partial charge on any atom is -0.495 e. The molecule has 0 bridgehead atoms. The van der Waals surface area contributed by atoms with Gasteiger partial charge in [0.15, 0.2) is 0 Å². The molecule has 1 heterocycles. The van der Waals surface area contributed by atoms with Crippen LogP contribution in [0.25, 0.3) is 0 Å². The van der Waals surface area contributed by atoms with E-state index in [9.17, 15) is 0 Å². The highest BCUT2D eigenvalue weighted by molar-refractivity contribution is 6.32. The fourth-order valence-corrected chi connectivity index (χ4v) is 2.54. The van der Waals surface area contributed by atoms with Gasteiger partial charge in [-0.3, -0.25) is 0 Å². The van der Waals surface area contributed by atoms with E-state index in [-0.39, 0.29) is 0 Å². The first kappa shape index (κ1) is 18.3. The molecule has 0 aliphatic carbocycles. The van der Waals surface area contributed by atoms with Crippen LogP contribution in [0, 0.1) is 6.92 Å². The average Bonchev–Trinajstić information content (AvgIpc) is 2.52. The summed E-state index contributed by atoms with van der Waals surface area (Å²) < 4.78 is 5.15. The Morgan fingerprint density at radius 3 is 2.62 bits per heavy atom. The SMILES string of the molecule is CCCCC(C)Nc1nc(C)nc(Nc2ccc(OC)c(Cl)c2)n1. The number of nitrogens with one attached hydrogen (secondary N) is 2. The van der Waals surface area contributed by atoms with E-state index in [1.165, 1.54) is 12.8 Å². The van der Waals surface area contributed by atoms with E-state index in [1.807, 2.05) is 13.0 Å². The largest absolute Gasteiger partial charge is 0.495 e. The fraction of sp³-hybridized carbons (Fsp3) is 0.471. The molecule has 0 radical (unpaired) electrons. The molecule has 2 N–H and O–H groups in total. The third kappa shape index (κ3) is 5.23. The third-order valence-corrected chi connectivity index (χ3v) is 3.82. The number of methoxy groups -OCH3 is 1. The zero-order chi connectivity index (χ0) is 17.5. The number of hydrogen-bond acceptors (Lipinski definition) is 6. The van der Waals surface area contributed by atoms with Crippen LogP contribution in [0.4, 0.5) is 17.6 Å². The van der Waals surface area contributed by atoms with E-state index in [4.69, 9.17) is 16.3 Å². The highest BCUT2D eigenvalue weighted by atomic mass is 35.5. The molecule has 0 saturated heterocycles. The van der Waals surface area contributed by atoms with Crippen molar-refractivity contribution in [3.05, 3.63) is 29.0 Å². The van der Waals surface area contributed by atoms with Gasteiger partial charge in [-0.25, -0.2) is 0 Å². The van der Waals surface area contributed by atoms with Crippen molar-refractivity contribution < 1.29 is 4.74 Å². The molecule has 24 heavy (non-hydrogen) atoms. The molecule has 0 spiro atoms. The second-order valence-electron chi connectivity index (χ2n) is 5.69. The standard InChI is InChI=1S/C17H24ClN5O/c1-5-6-7-11(2)19-16-20-12(3)21-17(23-16)22-13-8-9-15(24-4)14(18)10-13/h8-11H,5-7H2,1-4H3,(H2,19,20,21,22,23). The van der Waals surface area contributed by atoms with E-state index in [2.05, 4.69) is 39.4 Å². The molecule has 0 saturated carbocycles. The Balaban J connectivity index is 2.11. The second-order valence-corrected chi connectivity index (χ2v) is 6.10. The van der Waals surface area contributed by atoms with Crippen LogP contribution < -0.4 is 15.4 Å². The summed E-state index contributed by atoms with van der Waals surface area (Å²) in [5.41, 5.74) is 0.788. The van der Waals surface area contributed by atoms with Crippen LogP contribution in [0.15, 0.2) is 18.2 Å². The van der Waals surface area contributed by atoms with E-state index in [0.29, 0.717) is 34.5 Å². The van der Waals surface area contributed by atoms with Gasteiger partial charge >= 0.3 is 0 Å². The molecule has 2 rings (SSSR count). The summed E-state index contributed by atoms with van der Waals surface area (Å²) in [6.07, 6.45) is 3.43. The predicted molar refractivity (Wildman–Crippen MR) is 98.5 cm³/mol. The molecule has 1 unspecified atom stereocenters. The molecule has 1 atom stereocenters. The minimum atomic E-state index is 0.315. The highest BCUT2D eigenvalue weighted by Gasteiger charge is 2.09. The number of hydrogen-bond donors (Lipinski definition) is 2. The number of halogens is 1. The van der Waals surface area contributed by atoms with E-state index < -0.39 is 0 Å². The van der Waals surface area contributed by atoms with Crippen LogP contribution in [0.3, 0.4) is 0 Å². The molecule has 130 valence electrons. The Bertz CT molecular complexity index is 680. The van der Waals surface area contributed by atoms with Gasteiger partial charge in [0.25, 0.3) is 0 Å². The lowest BCUT2D eigenvalue weighted by Gasteiger charge is -2.14. The molecule has 6 nitrogen and oxygen atoms in total. The maximum Gasteiger partial charge on any atom is 0.232 e. The average molecular weight is 350 g/mol. The number of nitrogens with zero attached hydrogens (tertiary/aromatic N) is 3. The molecule has 1 aromatic carbocycles. The van der Waals surface area contributed by atoms with Gasteiger partial charge in [-0.1, -0.05) is 31.4 Å². The topological polar surface area (TPSA) is 72.0 Å². The normalized spacial score (nSPS) is 11.9. The first-order valence-corrected chi connectivity index (χ1v) is 8.49. The van der Waals surface area contributed by atoms with Gasteiger partial charge < -0.3 is 15.4 Å². The molecule has 0 fully saturated rings. The van der Waals surface area contributed by atoms with Crippen molar-refractivity contribution in [3.8, 4) is 5.75 Å². The van der Waals surface area contributed by atoms with Gasteiger partial charge in [0.05, 0.1) is 12.1 Å². The number of unbranched alkanes of at least 4 members (excludes halogenated alkanes) is 1. The third-order valence-electron chi connectivity index (χ3n) is 3.52. The minimum absolute atomic E-state index is 0.315. The van der Waals surface area contributed by atoms with Crippen molar-refractivity contribution in [1.29, 1.82) is 0 Å². The number of rotatable bonds is 8. The maximum atomic E-state index is 6.15. The quantitative estimate of drug-likeness (QED) is 0.727. The van der Waals surface area contributed by atoms with Crippen molar-refractivity contribution >= 4 is 29.2 Å². The van der Waals surface area contributed by atoms with Gasteiger partial charge in [-0.05, 0) is 38.5 Å². The summed E-state index contributed by atoms with van der Waals surface area (Å²) in [4.78, 5) is 13.1. The van der Waals surface area contributed by atoms with Crippen LogP contribution in [-0.2, 0) is 0 Å². The Morgan fingerprint density at radius 1 is 1.21 bits per heavy atom. The molecule has 0 amide bonds. The summed E-state index contributed by atoms with van der Waals surface area (Å²) in [7, 11) is 1.58. The van der Waals surface area contributed by atoms with Crippen LogP contribution in [0.1, 0.15) is 38.9 Å². The van der Waals surface area contributed by atoms with Crippen molar-refractivity contribution in [2.75, 3.05) is 17.7 Å². The van der Waals surface area contributed by atoms with Crippen LogP contribution in [0.2, 0.25) is 5.02 Å². The van der Waals surface area contributed by atoms with Crippen molar-refractivity contribution in [1.82, 2.24) is 15.0 Å². The fourth-order valence-electron chi connectivity index (χ4n) is 2.28. The predicted octanol–water partition coefficient (Wildman–Crippen LogP) is 4.58. The van der Waals surface area contributed by atoms with E-state index >= 15 is 0 Å². The van der Waals surface area contributed by atoms with Crippen LogP contribution in [0.5, 0.6) is 5.75 Å². The Kier molecular flexibility index (Phi) is 6.61. The lowest BCUT2D eigenvalue weighted by atomic mass is 10.1. The van der Waals surface area contributed by atoms with Gasteiger partial charge in [-0.15, -0.1) is 0 Å². The molecule has 2 aromatic rings. The summed E-state index contributed by atoms with van der Waals surface area (Å²) in [6.45, 7) is 6.16. The summed E-state index contributed by atoms with van der Waals surface area (Å²) in [6, 6.07) is 5.75. The summed E-state index contributed by atoms with van der Waals surface area (Å²) in [5.74, 6) is 2.33. The van der Waals surface area contributed by atoms with Crippen molar-refractivity contribution in [3.63, 3.8) is 0 Å². The van der Waals surface area contributed by atoms with E-state index in [1.54, 1.807) is 19.2 Å².